The summed E-state index contributed by atoms with van der Waals surface area (Å²) in [4.78, 5) is 31.8. The molecule has 0 unspecified atom stereocenters. The van der Waals surface area contributed by atoms with Crippen molar-refractivity contribution < 1.29 is 9.59 Å². The molecular weight excluding hydrogens is 398 g/mol. The number of rotatable bonds is 6. The Kier molecular flexibility index (Phi) is 6.88. The van der Waals surface area contributed by atoms with Crippen molar-refractivity contribution in [3.8, 4) is 0 Å². The Bertz CT molecular complexity index is 855. The van der Waals surface area contributed by atoms with Gasteiger partial charge in [-0.15, -0.1) is 11.3 Å². The maximum absolute atomic E-state index is 12.3. The average molecular weight is 422 g/mol. The van der Waals surface area contributed by atoms with E-state index in [4.69, 9.17) is 11.6 Å². The number of aromatic nitrogens is 1. The van der Waals surface area contributed by atoms with Crippen LogP contribution in [0.3, 0.4) is 0 Å². The van der Waals surface area contributed by atoms with Crippen LogP contribution in [0.25, 0.3) is 0 Å². The molecule has 28 heavy (non-hydrogen) atoms. The second-order valence-electron chi connectivity index (χ2n) is 6.97. The van der Waals surface area contributed by atoms with E-state index in [1.54, 1.807) is 0 Å². The first-order valence-corrected chi connectivity index (χ1v) is 10.4. The molecule has 3 N–H and O–H groups in total. The largest absolute Gasteiger partial charge is 0.351 e. The summed E-state index contributed by atoms with van der Waals surface area (Å²) in [5.41, 5.74) is 1.90. The van der Waals surface area contributed by atoms with Crippen LogP contribution in [0.4, 0.5) is 9.93 Å². The Morgan fingerprint density at radius 3 is 2.86 bits per heavy atom. The van der Waals surface area contributed by atoms with E-state index in [2.05, 4.69) is 25.8 Å². The normalized spacial score (nSPS) is 13.9. The highest BCUT2D eigenvalue weighted by Crippen LogP contribution is 2.28. The first kappa shape index (κ1) is 20.6. The summed E-state index contributed by atoms with van der Waals surface area (Å²) in [6.45, 7) is 5.95. The molecule has 1 aromatic carbocycles. The molecule has 1 aliphatic rings. The van der Waals surface area contributed by atoms with Crippen molar-refractivity contribution >= 4 is 40.0 Å². The second-order valence-corrected chi connectivity index (χ2v) is 8.46. The molecule has 0 aliphatic carbocycles. The molecular formula is C19H24ClN5O2S. The van der Waals surface area contributed by atoms with Gasteiger partial charge in [-0.05, 0) is 25.5 Å². The third-order valence-electron chi connectivity index (χ3n) is 4.25. The lowest BCUT2D eigenvalue weighted by atomic mass is 10.2. The molecule has 9 heteroatoms. The van der Waals surface area contributed by atoms with E-state index in [1.807, 2.05) is 38.1 Å². The molecule has 0 saturated carbocycles. The number of anilines is 1. The first-order valence-electron chi connectivity index (χ1n) is 9.19. The minimum atomic E-state index is -0.253. The Morgan fingerprint density at radius 1 is 1.32 bits per heavy atom. The van der Waals surface area contributed by atoms with E-state index in [0.717, 1.165) is 29.1 Å². The van der Waals surface area contributed by atoms with Crippen LogP contribution in [0.2, 0.25) is 5.02 Å². The summed E-state index contributed by atoms with van der Waals surface area (Å²) in [5.74, 6) is -0.0393. The van der Waals surface area contributed by atoms with E-state index in [9.17, 15) is 9.59 Å². The molecule has 0 spiro atoms. The predicted octanol–water partition coefficient (Wildman–Crippen LogP) is 3.00. The predicted molar refractivity (Wildman–Crippen MR) is 112 cm³/mol. The van der Waals surface area contributed by atoms with Crippen molar-refractivity contribution in [1.82, 2.24) is 20.5 Å². The third kappa shape index (κ3) is 5.67. The first-order chi connectivity index (χ1) is 13.4. The number of halogens is 1. The molecule has 0 bridgehead atoms. The number of nitrogens with one attached hydrogen (secondary N) is 3. The lowest BCUT2D eigenvalue weighted by Gasteiger charge is -2.25. The van der Waals surface area contributed by atoms with Gasteiger partial charge in [-0.25, -0.2) is 9.78 Å². The minimum absolute atomic E-state index is 0.0393. The van der Waals surface area contributed by atoms with Gasteiger partial charge in [0.25, 0.3) is 0 Å². The van der Waals surface area contributed by atoms with Gasteiger partial charge in [0, 0.05) is 42.0 Å². The summed E-state index contributed by atoms with van der Waals surface area (Å²) in [5, 5.41) is 9.72. The van der Waals surface area contributed by atoms with Gasteiger partial charge in [0.1, 0.15) is 0 Å². The zero-order chi connectivity index (χ0) is 20.1. The van der Waals surface area contributed by atoms with Crippen LogP contribution in [0.5, 0.6) is 0 Å². The number of fused-ring (bicyclic) bond motifs is 1. The zero-order valence-electron chi connectivity index (χ0n) is 15.9. The molecule has 2 heterocycles. The van der Waals surface area contributed by atoms with Crippen LogP contribution >= 0.6 is 22.9 Å². The fourth-order valence-corrected chi connectivity index (χ4v) is 4.17. The Hall–Kier alpha value is -2.16. The molecule has 0 fully saturated rings. The summed E-state index contributed by atoms with van der Waals surface area (Å²) in [6.07, 6.45) is 0.761. The lowest BCUT2D eigenvalue weighted by Crippen LogP contribution is -2.39. The van der Waals surface area contributed by atoms with Crippen LogP contribution in [0, 0.1) is 0 Å². The number of hydrogen-bond acceptors (Lipinski definition) is 5. The molecule has 3 amide bonds. The number of benzene rings is 1. The fourth-order valence-electron chi connectivity index (χ4n) is 2.93. The van der Waals surface area contributed by atoms with E-state index in [0.29, 0.717) is 29.8 Å². The lowest BCUT2D eigenvalue weighted by molar-refractivity contribution is -0.122. The topological polar surface area (TPSA) is 86.4 Å². The van der Waals surface area contributed by atoms with Gasteiger partial charge in [-0.2, -0.15) is 0 Å². The number of nitrogens with zero attached hydrogens (tertiary/aromatic N) is 2. The third-order valence-corrected chi connectivity index (χ3v) is 5.62. The highest BCUT2D eigenvalue weighted by molar-refractivity contribution is 7.15. The minimum Gasteiger partial charge on any atom is -0.351 e. The summed E-state index contributed by atoms with van der Waals surface area (Å²) < 4.78 is 0. The van der Waals surface area contributed by atoms with Crippen LogP contribution in [-0.4, -0.2) is 41.0 Å². The number of urea groups is 1. The van der Waals surface area contributed by atoms with Gasteiger partial charge < -0.3 is 10.6 Å². The van der Waals surface area contributed by atoms with E-state index in [1.165, 1.54) is 11.3 Å². The molecule has 0 atom stereocenters. The molecule has 2 aromatic rings. The maximum atomic E-state index is 12.3. The second kappa shape index (κ2) is 9.36. The number of amides is 3. The summed E-state index contributed by atoms with van der Waals surface area (Å²) in [7, 11) is 0. The SMILES string of the molecule is CC(C)NC(=O)Nc1nc2c(s1)CN(CC(=O)NCc1ccccc1Cl)CC2. The van der Waals surface area contributed by atoms with Gasteiger partial charge in [0.05, 0.1) is 12.2 Å². The Balaban J connectivity index is 1.50. The van der Waals surface area contributed by atoms with Crippen LogP contribution in [0.15, 0.2) is 24.3 Å². The van der Waals surface area contributed by atoms with Gasteiger partial charge in [-0.1, -0.05) is 29.8 Å². The highest BCUT2D eigenvalue weighted by Gasteiger charge is 2.23. The number of carbonyl (C=O) groups is 2. The van der Waals surface area contributed by atoms with Crippen LogP contribution in [0.1, 0.15) is 30.0 Å². The maximum Gasteiger partial charge on any atom is 0.321 e. The molecule has 3 rings (SSSR count). The van der Waals surface area contributed by atoms with Crippen molar-refractivity contribution in [2.24, 2.45) is 0 Å². The average Bonchev–Trinajstić information content (AvgIpc) is 3.01. The van der Waals surface area contributed by atoms with Gasteiger partial charge in [-0.3, -0.25) is 15.0 Å². The smallest absolute Gasteiger partial charge is 0.321 e. The van der Waals surface area contributed by atoms with E-state index < -0.39 is 0 Å². The van der Waals surface area contributed by atoms with Crippen LogP contribution in [-0.2, 0) is 24.3 Å². The molecule has 150 valence electrons. The number of carbonyl (C=O) groups excluding carboxylic acids is 2. The fraction of sp³-hybridized carbons (Fsp3) is 0.421. The molecule has 1 aliphatic heterocycles. The van der Waals surface area contributed by atoms with Gasteiger partial charge in [0.15, 0.2) is 5.13 Å². The van der Waals surface area contributed by atoms with E-state index >= 15 is 0 Å². The van der Waals surface area contributed by atoms with Crippen molar-refractivity contribution in [3.05, 3.63) is 45.4 Å². The molecule has 0 saturated heterocycles. The Labute approximate surface area is 173 Å². The van der Waals surface area contributed by atoms with E-state index in [-0.39, 0.29) is 18.0 Å². The van der Waals surface area contributed by atoms with Crippen molar-refractivity contribution in [2.45, 2.75) is 39.4 Å². The van der Waals surface area contributed by atoms with Crippen molar-refractivity contribution in [2.75, 3.05) is 18.4 Å². The highest BCUT2D eigenvalue weighted by atomic mass is 35.5. The van der Waals surface area contributed by atoms with Gasteiger partial charge in [0.2, 0.25) is 5.91 Å². The number of thiazole rings is 1. The summed E-state index contributed by atoms with van der Waals surface area (Å²) in [6, 6.07) is 7.29. The quantitative estimate of drug-likeness (QED) is 0.669. The number of hydrogen-bond donors (Lipinski definition) is 3. The zero-order valence-corrected chi connectivity index (χ0v) is 17.5. The molecule has 1 aromatic heterocycles. The van der Waals surface area contributed by atoms with Crippen molar-refractivity contribution in [3.63, 3.8) is 0 Å². The molecule has 0 radical (unpaired) electrons. The molecule has 7 nitrogen and oxygen atoms in total. The summed E-state index contributed by atoms with van der Waals surface area (Å²) >= 11 is 7.58. The Morgan fingerprint density at radius 2 is 2.11 bits per heavy atom. The van der Waals surface area contributed by atoms with Gasteiger partial charge >= 0.3 is 6.03 Å². The van der Waals surface area contributed by atoms with Crippen LogP contribution < -0.4 is 16.0 Å². The standard InChI is InChI=1S/C19H24ClN5O2S/c1-12(2)22-18(27)24-19-23-15-7-8-25(10-16(15)28-19)11-17(26)21-9-13-5-3-4-6-14(13)20/h3-6,12H,7-11H2,1-2H3,(H,21,26)(H2,22,23,24,27). The monoisotopic (exact) mass is 421 g/mol. The van der Waals surface area contributed by atoms with Crippen molar-refractivity contribution in [1.29, 1.82) is 0 Å².